The zero-order chi connectivity index (χ0) is 29.2. The molecule has 1 aromatic carbocycles. The van der Waals surface area contributed by atoms with Crippen molar-refractivity contribution in [2.75, 3.05) is 66.3 Å². The summed E-state index contributed by atoms with van der Waals surface area (Å²) in [4.78, 5) is 49.8. The number of nitrogens with zero attached hydrogens (tertiary/aromatic N) is 1. The number of morpholine rings is 1. The van der Waals surface area contributed by atoms with Crippen molar-refractivity contribution < 1.29 is 38.1 Å². The number of aldehydes is 1. The van der Waals surface area contributed by atoms with Crippen LogP contribution < -0.4 is 20.7 Å². The van der Waals surface area contributed by atoms with Crippen molar-refractivity contribution in [3.8, 4) is 5.75 Å². The van der Waals surface area contributed by atoms with Crippen LogP contribution in [0.25, 0.3) is 0 Å². The highest BCUT2D eigenvalue weighted by Crippen LogP contribution is 2.13. The fraction of sp³-hybridized carbons (Fsp3) is 0.643. The SMILES string of the molecule is C1CCOC1.CC1CO1.COc1ccc(CC(NC(=O)CNC(=O)CN2CCOCC2)C(=O)N[C@@H](C)C=O)cc1. The van der Waals surface area contributed by atoms with E-state index < -0.39 is 23.9 Å². The topological polar surface area (TPSA) is 148 Å². The van der Waals surface area contributed by atoms with Crippen LogP contribution in [0.3, 0.4) is 0 Å². The standard InChI is InChI=1S/C21H30N4O6.C4H8O.C3H6O/c1-15(14-26)23-21(29)18(11-16-3-5-17(30-2)6-4-16)24-19(27)12-22-20(28)13-25-7-9-31-10-8-25;1-2-4-5-3-1;1-3-2-4-3/h3-6,14-15,18H,7-13H2,1-2H3,(H,22,28)(H,23,29)(H,24,27);1-4H2;3H,2H2,1H3/t15-,18?;;/m0../s1. The maximum atomic E-state index is 12.6. The van der Waals surface area contributed by atoms with E-state index >= 15 is 0 Å². The number of methoxy groups -OCH3 is 1. The first-order valence-corrected chi connectivity index (χ1v) is 13.7. The van der Waals surface area contributed by atoms with Gasteiger partial charge in [0.15, 0.2) is 0 Å². The number of nitrogens with one attached hydrogen (secondary N) is 3. The highest BCUT2D eigenvalue weighted by molar-refractivity contribution is 5.91. The molecule has 3 fully saturated rings. The van der Waals surface area contributed by atoms with Gasteiger partial charge in [0.2, 0.25) is 17.7 Å². The molecule has 3 N–H and O–H groups in total. The van der Waals surface area contributed by atoms with Crippen LogP contribution in [-0.2, 0) is 39.8 Å². The summed E-state index contributed by atoms with van der Waals surface area (Å²) >= 11 is 0. The maximum Gasteiger partial charge on any atom is 0.243 e. The summed E-state index contributed by atoms with van der Waals surface area (Å²) in [5.41, 5.74) is 0.802. The van der Waals surface area contributed by atoms with Gasteiger partial charge >= 0.3 is 0 Å². The molecule has 0 aromatic heterocycles. The summed E-state index contributed by atoms with van der Waals surface area (Å²) in [6.07, 6.45) is 3.96. The number of hydrogen-bond donors (Lipinski definition) is 3. The number of benzene rings is 1. The summed E-state index contributed by atoms with van der Waals surface area (Å²) in [5, 5.41) is 7.75. The van der Waals surface area contributed by atoms with E-state index in [9.17, 15) is 19.2 Å². The number of carbonyl (C=O) groups excluding carboxylic acids is 4. The Bertz CT molecular complexity index is 892. The summed E-state index contributed by atoms with van der Waals surface area (Å²) in [7, 11) is 1.56. The van der Waals surface area contributed by atoms with Gasteiger partial charge < -0.3 is 39.7 Å². The summed E-state index contributed by atoms with van der Waals surface area (Å²) < 4.78 is 20.0. The lowest BCUT2D eigenvalue weighted by atomic mass is 10.0. The first kappa shape index (κ1) is 33.1. The highest BCUT2D eigenvalue weighted by atomic mass is 16.6. The number of carbonyl (C=O) groups is 4. The molecule has 0 saturated carbocycles. The molecular formula is C28H44N4O8. The van der Waals surface area contributed by atoms with Crippen molar-refractivity contribution in [2.45, 2.75) is 51.3 Å². The molecule has 3 saturated heterocycles. The van der Waals surface area contributed by atoms with Gasteiger partial charge in [-0.25, -0.2) is 0 Å². The highest BCUT2D eigenvalue weighted by Gasteiger charge is 2.23. The Morgan fingerprint density at radius 1 is 1.02 bits per heavy atom. The molecule has 3 aliphatic rings. The minimum atomic E-state index is -0.903. The molecule has 0 bridgehead atoms. The molecule has 3 heterocycles. The van der Waals surface area contributed by atoms with Crippen molar-refractivity contribution in [3.05, 3.63) is 29.8 Å². The van der Waals surface area contributed by atoms with E-state index in [4.69, 9.17) is 18.9 Å². The van der Waals surface area contributed by atoms with Crippen LogP contribution in [0.5, 0.6) is 5.75 Å². The lowest BCUT2D eigenvalue weighted by molar-refractivity contribution is -0.130. The first-order chi connectivity index (χ1) is 19.3. The fourth-order valence-electron chi connectivity index (χ4n) is 3.61. The minimum absolute atomic E-state index is 0.184. The number of hydrogen-bond acceptors (Lipinski definition) is 9. The second-order valence-electron chi connectivity index (χ2n) is 9.73. The zero-order valence-corrected chi connectivity index (χ0v) is 23.8. The van der Waals surface area contributed by atoms with Gasteiger partial charge in [0.1, 0.15) is 18.1 Å². The molecule has 0 radical (unpaired) electrons. The Morgan fingerprint density at radius 3 is 2.12 bits per heavy atom. The Morgan fingerprint density at radius 2 is 1.62 bits per heavy atom. The monoisotopic (exact) mass is 564 g/mol. The average molecular weight is 565 g/mol. The van der Waals surface area contributed by atoms with Crippen LogP contribution in [-0.4, -0.2) is 113 Å². The molecule has 0 aliphatic carbocycles. The molecule has 224 valence electrons. The van der Waals surface area contributed by atoms with Crippen LogP contribution in [0.4, 0.5) is 0 Å². The molecule has 2 unspecified atom stereocenters. The van der Waals surface area contributed by atoms with Crippen molar-refractivity contribution >= 4 is 24.0 Å². The van der Waals surface area contributed by atoms with Gasteiger partial charge in [-0.2, -0.15) is 0 Å². The quantitative estimate of drug-likeness (QED) is 0.251. The van der Waals surface area contributed by atoms with E-state index in [0.29, 0.717) is 44.4 Å². The van der Waals surface area contributed by atoms with Gasteiger partial charge in [0.05, 0.1) is 52.2 Å². The maximum absolute atomic E-state index is 12.6. The van der Waals surface area contributed by atoms with Gasteiger partial charge in [-0.05, 0) is 44.4 Å². The second-order valence-corrected chi connectivity index (χ2v) is 9.73. The average Bonchev–Trinajstić information content (AvgIpc) is 3.50. The predicted octanol–water partition coefficient (Wildman–Crippen LogP) is 0.0764. The fourth-order valence-corrected chi connectivity index (χ4v) is 3.61. The van der Waals surface area contributed by atoms with Crippen molar-refractivity contribution in [1.29, 1.82) is 0 Å². The Labute approximate surface area is 236 Å². The third kappa shape index (κ3) is 14.9. The molecule has 12 heteroatoms. The van der Waals surface area contributed by atoms with Crippen molar-refractivity contribution in [2.24, 2.45) is 0 Å². The lowest BCUT2D eigenvalue weighted by Gasteiger charge is -2.25. The predicted molar refractivity (Wildman–Crippen MR) is 148 cm³/mol. The smallest absolute Gasteiger partial charge is 0.243 e. The van der Waals surface area contributed by atoms with Crippen LogP contribution in [0, 0.1) is 0 Å². The molecule has 3 amide bonds. The largest absolute Gasteiger partial charge is 0.497 e. The molecule has 12 nitrogen and oxygen atoms in total. The first-order valence-electron chi connectivity index (χ1n) is 13.7. The molecule has 4 rings (SSSR count). The third-order valence-corrected chi connectivity index (χ3v) is 6.07. The van der Waals surface area contributed by atoms with Gasteiger partial charge in [-0.3, -0.25) is 19.3 Å². The van der Waals surface area contributed by atoms with Gasteiger partial charge in [-0.1, -0.05) is 12.1 Å². The summed E-state index contributed by atoms with van der Waals surface area (Å²) in [6, 6.07) is 5.50. The molecule has 40 heavy (non-hydrogen) atoms. The van der Waals surface area contributed by atoms with Crippen LogP contribution >= 0.6 is 0 Å². The minimum Gasteiger partial charge on any atom is -0.497 e. The molecule has 1 aromatic rings. The van der Waals surface area contributed by atoms with E-state index in [0.717, 1.165) is 25.4 Å². The normalized spacial score (nSPS) is 19.3. The molecular weight excluding hydrogens is 520 g/mol. The molecule has 0 spiro atoms. The Hall–Kier alpha value is -3.06. The third-order valence-electron chi connectivity index (χ3n) is 6.07. The van der Waals surface area contributed by atoms with E-state index in [2.05, 4.69) is 22.9 Å². The van der Waals surface area contributed by atoms with Gasteiger partial charge in [0.25, 0.3) is 0 Å². The number of ether oxygens (including phenoxy) is 4. The Kier molecular flexibility index (Phi) is 15.8. The van der Waals surface area contributed by atoms with E-state index in [1.54, 1.807) is 38.3 Å². The van der Waals surface area contributed by atoms with Gasteiger partial charge in [-0.15, -0.1) is 0 Å². The van der Waals surface area contributed by atoms with Crippen molar-refractivity contribution in [1.82, 2.24) is 20.9 Å². The Balaban J connectivity index is 0.000000521. The van der Waals surface area contributed by atoms with Gasteiger partial charge in [0, 0.05) is 32.7 Å². The second kappa shape index (κ2) is 19.1. The van der Waals surface area contributed by atoms with Crippen LogP contribution in [0.1, 0.15) is 32.3 Å². The van der Waals surface area contributed by atoms with E-state index in [1.165, 1.54) is 12.8 Å². The molecule has 3 aliphatic heterocycles. The number of epoxide rings is 1. The number of rotatable bonds is 11. The number of amides is 3. The van der Waals surface area contributed by atoms with Crippen LogP contribution in [0.15, 0.2) is 24.3 Å². The summed E-state index contributed by atoms with van der Waals surface area (Å²) in [6.45, 7) is 9.01. The molecule has 3 atom stereocenters. The van der Waals surface area contributed by atoms with E-state index in [-0.39, 0.29) is 25.4 Å². The summed E-state index contributed by atoms with van der Waals surface area (Å²) in [5.74, 6) is -0.583. The van der Waals surface area contributed by atoms with Crippen LogP contribution in [0.2, 0.25) is 0 Å². The van der Waals surface area contributed by atoms with E-state index in [1.807, 2.05) is 4.90 Å². The zero-order valence-electron chi connectivity index (χ0n) is 23.8. The van der Waals surface area contributed by atoms with Crippen molar-refractivity contribution in [3.63, 3.8) is 0 Å². The lowest BCUT2D eigenvalue weighted by Crippen LogP contribution is -2.53.